The van der Waals surface area contributed by atoms with Gasteiger partial charge in [0, 0.05) is 7.05 Å². The van der Waals surface area contributed by atoms with Gasteiger partial charge in [-0.2, -0.15) is 0 Å². The molecule has 13 heavy (non-hydrogen) atoms. The van der Waals surface area contributed by atoms with Crippen molar-refractivity contribution in [3.8, 4) is 5.88 Å². The molecule has 6 nitrogen and oxygen atoms in total. The van der Waals surface area contributed by atoms with E-state index in [9.17, 15) is 9.59 Å². The molecule has 1 amide bonds. The number of carbonyl (C=O) groups excluding carboxylic acids is 2. The average molecular weight is 183 g/mol. The van der Waals surface area contributed by atoms with Crippen molar-refractivity contribution in [2.24, 2.45) is 0 Å². The van der Waals surface area contributed by atoms with E-state index in [1.165, 1.54) is 13.4 Å². The monoisotopic (exact) mass is 183 g/mol. The third-order valence-electron chi connectivity index (χ3n) is 1.35. The van der Waals surface area contributed by atoms with Crippen LogP contribution in [0.5, 0.6) is 5.88 Å². The maximum atomic E-state index is 11.1. The van der Waals surface area contributed by atoms with Crippen LogP contribution < -0.4 is 10.1 Å². The number of aromatic amines is 1. The Morgan fingerprint density at radius 1 is 1.85 bits per heavy atom. The Morgan fingerprint density at radius 2 is 2.62 bits per heavy atom. The largest absolute Gasteiger partial charge is 0.468 e. The second kappa shape index (κ2) is 4.24. The zero-order chi connectivity index (χ0) is 9.68. The van der Waals surface area contributed by atoms with Crippen LogP contribution in [-0.2, 0) is 4.79 Å². The standard InChI is InChI=1S/C7H9N3O3/c1-8-6(12)5-7(10-4-9-5)13-3-2-11/h2,4H,3H2,1H3,(H,8,12)(H,9,10). The summed E-state index contributed by atoms with van der Waals surface area (Å²) in [7, 11) is 1.49. The molecule has 0 aliphatic carbocycles. The highest BCUT2D eigenvalue weighted by Crippen LogP contribution is 2.11. The van der Waals surface area contributed by atoms with E-state index in [2.05, 4.69) is 15.3 Å². The highest BCUT2D eigenvalue weighted by atomic mass is 16.5. The van der Waals surface area contributed by atoms with Crippen LogP contribution in [0.4, 0.5) is 0 Å². The average Bonchev–Trinajstić information content (AvgIpc) is 2.61. The molecule has 0 aromatic carbocycles. The van der Waals surface area contributed by atoms with E-state index < -0.39 is 0 Å². The number of nitrogens with zero attached hydrogens (tertiary/aromatic N) is 1. The molecular formula is C7H9N3O3. The number of rotatable bonds is 4. The van der Waals surface area contributed by atoms with Crippen LogP contribution in [0, 0.1) is 0 Å². The molecule has 0 unspecified atom stereocenters. The van der Waals surface area contributed by atoms with Crippen molar-refractivity contribution in [3.63, 3.8) is 0 Å². The van der Waals surface area contributed by atoms with Gasteiger partial charge in [0.2, 0.25) is 5.88 Å². The van der Waals surface area contributed by atoms with Gasteiger partial charge in [0.25, 0.3) is 5.91 Å². The Labute approximate surface area is 74.3 Å². The molecule has 0 bridgehead atoms. The van der Waals surface area contributed by atoms with E-state index in [1.54, 1.807) is 0 Å². The molecule has 0 aliphatic rings. The molecule has 2 N–H and O–H groups in total. The molecule has 1 rings (SSSR count). The third-order valence-corrected chi connectivity index (χ3v) is 1.35. The topological polar surface area (TPSA) is 84.1 Å². The minimum Gasteiger partial charge on any atom is -0.468 e. The Balaban J connectivity index is 2.76. The normalized spacial score (nSPS) is 9.31. The number of hydrogen-bond donors (Lipinski definition) is 2. The van der Waals surface area contributed by atoms with Gasteiger partial charge in [0.1, 0.15) is 6.61 Å². The fourth-order valence-corrected chi connectivity index (χ4v) is 0.792. The summed E-state index contributed by atoms with van der Waals surface area (Å²) >= 11 is 0. The van der Waals surface area contributed by atoms with Gasteiger partial charge in [-0.1, -0.05) is 0 Å². The van der Waals surface area contributed by atoms with E-state index in [0.717, 1.165) is 0 Å². The smallest absolute Gasteiger partial charge is 0.273 e. The Hall–Kier alpha value is -1.85. The van der Waals surface area contributed by atoms with Crippen LogP contribution in [-0.4, -0.2) is 35.8 Å². The number of H-pyrrole nitrogens is 1. The minimum absolute atomic E-state index is 0.116. The molecule has 0 saturated carbocycles. The molecule has 0 aliphatic heterocycles. The van der Waals surface area contributed by atoms with Crippen LogP contribution >= 0.6 is 0 Å². The number of hydrogen-bond acceptors (Lipinski definition) is 4. The second-order valence-electron chi connectivity index (χ2n) is 2.14. The Bertz CT molecular complexity index is 308. The van der Waals surface area contributed by atoms with Gasteiger partial charge >= 0.3 is 0 Å². The first kappa shape index (κ1) is 9.24. The lowest BCUT2D eigenvalue weighted by Crippen LogP contribution is -2.19. The molecule has 0 atom stereocenters. The molecule has 0 fully saturated rings. The number of nitrogens with one attached hydrogen (secondary N) is 2. The summed E-state index contributed by atoms with van der Waals surface area (Å²) in [5, 5.41) is 2.41. The number of carbonyl (C=O) groups is 2. The summed E-state index contributed by atoms with van der Waals surface area (Å²) in [6.45, 7) is -0.116. The van der Waals surface area contributed by atoms with E-state index >= 15 is 0 Å². The number of amides is 1. The van der Waals surface area contributed by atoms with E-state index in [1.807, 2.05) is 0 Å². The molecule has 6 heteroatoms. The van der Waals surface area contributed by atoms with E-state index in [4.69, 9.17) is 4.74 Å². The number of aromatic nitrogens is 2. The quantitative estimate of drug-likeness (QED) is 0.607. The van der Waals surface area contributed by atoms with E-state index in [-0.39, 0.29) is 24.1 Å². The Morgan fingerprint density at radius 3 is 3.23 bits per heavy atom. The summed E-state index contributed by atoms with van der Waals surface area (Å²) < 4.78 is 4.88. The molecule has 1 aromatic rings. The van der Waals surface area contributed by atoms with Gasteiger partial charge < -0.3 is 15.0 Å². The summed E-state index contributed by atoms with van der Waals surface area (Å²) in [5.74, 6) is -0.204. The predicted molar refractivity (Wildman–Crippen MR) is 43.5 cm³/mol. The zero-order valence-electron chi connectivity index (χ0n) is 7.03. The van der Waals surface area contributed by atoms with Gasteiger partial charge in [-0.25, -0.2) is 4.98 Å². The van der Waals surface area contributed by atoms with Crippen molar-refractivity contribution < 1.29 is 14.3 Å². The van der Waals surface area contributed by atoms with Gasteiger partial charge in [-0.05, 0) is 0 Å². The van der Waals surface area contributed by atoms with Crippen LogP contribution in [0.15, 0.2) is 6.33 Å². The first-order chi connectivity index (χ1) is 6.29. The minimum atomic E-state index is -0.335. The van der Waals surface area contributed by atoms with Crippen molar-refractivity contribution in [2.45, 2.75) is 0 Å². The van der Waals surface area contributed by atoms with Crippen molar-refractivity contribution in [1.82, 2.24) is 15.3 Å². The summed E-state index contributed by atoms with van der Waals surface area (Å²) in [6.07, 6.45) is 1.91. The summed E-state index contributed by atoms with van der Waals surface area (Å²) in [6, 6.07) is 0. The highest BCUT2D eigenvalue weighted by Gasteiger charge is 2.13. The molecular weight excluding hydrogens is 174 g/mol. The van der Waals surface area contributed by atoms with Crippen molar-refractivity contribution in [3.05, 3.63) is 12.0 Å². The molecule has 70 valence electrons. The van der Waals surface area contributed by atoms with Crippen LogP contribution in [0.1, 0.15) is 10.5 Å². The lowest BCUT2D eigenvalue weighted by atomic mass is 10.4. The fourth-order valence-electron chi connectivity index (χ4n) is 0.792. The maximum absolute atomic E-state index is 11.1. The molecule has 1 heterocycles. The summed E-state index contributed by atoms with van der Waals surface area (Å²) in [5.41, 5.74) is 0.212. The molecule has 1 aromatic heterocycles. The van der Waals surface area contributed by atoms with Gasteiger partial charge in [0.15, 0.2) is 12.0 Å². The lowest BCUT2D eigenvalue weighted by Gasteiger charge is -2.00. The molecule has 0 saturated heterocycles. The van der Waals surface area contributed by atoms with Crippen LogP contribution in [0.2, 0.25) is 0 Å². The SMILES string of the molecule is CNC(=O)c1[nH]cnc1OCC=O. The van der Waals surface area contributed by atoms with Crippen molar-refractivity contribution in [2.75, 3.05) is 13.7 Å². The highest BCUT2D eigenvalue weighted by molar-refractivity contribution is 5.94. The van der Waals surface area contributed by atoms with E-state index in [0.29, 0.717) is 6.29 Å². The van der Waals surface area contributed by atoms with Gasteiger partial charge in [-0.3, -0.25) is 9.59 Å². The molecule has 0 radical (unpaired) electrons. The number of aldehydes is 1. The van der Waals surface area contributed by atoms with Crippen LogP contribution in [0.3, 0.4) is 0 Å². The maximum Gasteiger partial charge on any atom is 0.273 e. The Kier molecular flexibility index (Phi) is 3.02. The molecule has 0 spiro atoms. The van der Waals surface area contributed by atoms with Gasteiger partial charge in [0.05, 0.1) is 6.33 Å². The van der Waals surface area contributed by atoms with Gasteiger partial charge in [-0.15, -0.1) is 0 Å². The van der Waals surface area contributed by atoms with Crippen LogP contribution in [0.25, 0.3) is 0 Å². The number of ether oxygens (including phenoxy) is 1. The third kappa shape index (κ3) is 2.05. The fraction of sp³-hybridized carbons (Fsp3) is 0.286. The first-order valence-electron chi connectivity index (χ1n) is 3.61. The predicted octanol–water partition coefficient (Wildman–Crippen LogP) is -0.653. The van der Waals surface area contributed by atoms with Crippen molar-refractivity contribution in [1.29, 1.82) is 0 Å². The zero-order valence-corrected chi connectivity index (χ0v) is 7.03. The second-order valence-corrected chi connectivity index (χ2v) is 2.14. The summed E-state index contributed by atoms with van der Waals surface area (Å²) in [4.78, 5) is 27.4. The van der Waals surface area contributed by atoms with Crippen molar-refractivity contribution >= 4 is 12.2 Å². The first-order valence-corrected chi connectivity index (χ1v) is 3.61. The number of imidazole rings is 1. The lowest BCUT2D eigenvalue weighted by molar-refractivity contribution is -0.109.